The van der Waals surface area contributed by atoms with Gasteiger partial charge in [-0.05, 0) is 59.2 Å². The fourth-order valence-electron chi connectivity index (χ4n) is 4.57. The molecule has 0 radical (unpaired) electrons. The molecule has 9 heteroatoms. The zero-order chi connectivity index (χ0) is 25.8. The lowest BCUT2D eigenvalue weighted by Gasteiger charge is -2.35. The lowest BCUT2D eigenvalue weighted by atomic mass is 10.00. The van der Waals surface area contributed by atoms with Gasteiger partial charge in [0.15, 0.2) is 23.0 Å². The third-order valence-corrected chi connectivity index (χ3v) is 6.61. The molecule has 1 amide bonds. The Balaban J connectivity index is 0.00000336. The first kappa shape index (κ1) is 27.3. The summed E-state index contributed by atoms with van der Waals surface area (Å²) in [5, 5.41) is 0. The van der Waals surface area contributed by atoms with Crippen molar-refractivity contribution in [1.29, 1.82) is 0 Å². The second kappa shape index (κ2) is 12.2. The Hall–Kier alpha value is -3.75. The maximum atomic E-state index is 13.8. The summed E-state index contributed by atoms with van der Waals surface area (Å²) >= 11 is 0. The maximum Gasteiger partial charge on any atom is 0.254 e. The van der Waals surface area contributed by atoms with Gasteiger partial charge in [-0.3, -0.25) is 9.69 Å². The number of carbonyl (C=O) groups excluding carboxylic acids is 1. The number of piperazine rings is 1. The van der Waals surface area contributed by atoms with E-state index < -0.39 is 0 Å². The molecular formula is C29H30ClFN2O5. The highest BCUT2D eigenvalue weighted by molar-refractivity contribution is 6.24. The van der Waals surface area contributed by atoms with E-state index in [1.807, 2.05) is 29.2 Å². The van der Waals surface area contributed by atoms with Gasteiger partial charge in [-0.25, -0.2) is 4.39 Å². The number of hydrogen-bond donors (Lipinski definition) is 0. The van der Waals surface area contributed by atoms with Gasteiger partial charge in [0.25, 0.3) is 5.91 Å². The second-order valence-corrected chi connectivity index (χ2v) is 8.94. The minimum Gasteiger partial charge on any atom is -0.493 e. The van der Waals surface area contributed by atoms with E-state index in [1.165, 1.54) is 12.1 Å². The average Bonchev–Trinajstić information content (AvgIpc) is 3.40. The third kappa shape index (κ3) is 6.03. The van der Waals surface area contributed by atoms with Crippen LogP contribution in [0.25, 0.3) is 11.6 Å². The molecule has 0 aliphatic carbocycles. The molecule has 1 fully saturated rings. The van der Waals surface area contributed by atoms with E-state index in [9.17, 15) is 9.18 Å². The van der Waals surface area contributed by atoms with Gasteiger partial charge in [0.2, 0.25) is 6.79 Å². The molecule has 2 aliphatic heterocycles. The van der Waals surface area contributed by atoms with Gasteiger partial charge < -0.3 is 23.8 Å². The summed E-state index contributed by atoms with van der Waals surface area (Å²) in [5.41, 5.74) is 3.10. The number of hydrogen-bond acceptors (Lipinski definition) is 6. The van der Waals surface area contributed by atoms with E-state index in [-0.39, 0.29) is 30.9 Å². The molecule has 7 nitrogen and oxygen atoms in total. The zero-order valence-corrected chi connectivity index (χ0v) is 22.1. The molecule has 0 saturated carbocycles. The smallest absolute Gasteiger partial charge is 0.254 e. The van der Waals surface area contributed by atoms with Crippen molar-refractivity contribution in [2.75, 3.05) is 47.2 Å². The predicted octanol–water partition coefficient (Wildman–Crippen LogP) is 4.88. The molecule has 2 heterocycles. The van der Waals surface area contributed by atoms with Crippen LogP contribution < -0.4 is 18.9 Å². The van der Waals surface area contributed by atoms with Crippen LogP contribution in [0.1, 0.15) is 16.7 Å². The van der Waals surface area contributed by atoms with Crippen LogP contribution in [0, 0.1) is 5.82 Å². The summed E-state index contributed by atoms with van der Waals surface area (Å²) in [6.45, 7) is 3.71. The molecule has 0 bridgehead atoms. The van der Waals surface area contributed by atoms with Gasteiger partial charge >= 0.3 is 0 Å². The Morgan fingerprint density at radius 3 is 2.32 bits per heavy atom. The van der Waals surface area contributed by atoms with Crippen LogP contribution in [0.5, 0.6) is 23.0 Å². The van der Waals surface area contributed by atoms with Crippen LogP contribution in [-0.2, 0) is 11.3 Å². The van der Waals surface area contributed by atoms with Crippen molar-refractivity contribution in [2.24, 2.45) is 0 Å². The summed E-state index contributed by atoms with van der Waals surface area (Å²) in [6.07, 6.45) is 1.79. The van der Waals surface area contributed by atoms with Gasteiger partial charge in [0, 0.05) is 38.3 Å². The summed E-state index contributed by atoms with van der Waals surface area (Å²) in [6, 6.07) is 17.5. The molecule has 1 saturated heterocycles. The molecule has 3 aromatic rings. The number of benzene rings is 3. The van der Waals surface area contributed by atoms with E-state index in [2.05, 4.69) is 4.90 Å². The Morgan fingerprint density at radius 2 is 1.61 bits per heavy atom. The Morgan fingerprint density at radius 1 is 0.895 bits per heavy atom. The first-order valence-corrected chi connectivity index (χ1v) is 12.1. The van der Waals surface area contributed by atoms with Crippen LogP contribution in [0.3, 0.4) is 0 Å². The molecule has 38 heavy (non-hydrogen) atoms. The highest BCUT2D eigenvalue weighted by Gasteiger charge is 2.26. The number of methoxy groups -OCH3 is 2. The quantitative estimate of drug-likeness (QED) is 0.314. The van der Waals surface area contributed by atoms with Crippen LogP contribution in [0.4, 0.5) is 4.39 Å². The van der Waals surface area contributed by atoms with E-state index in [1.54, 1.807) is 44.6 Å². The molecule has 0 atom stereocenters. The van der Waals surface area contributed by atoms with Crippen molar-refractivity contribution in [2.45, 2.75) is 6.54 Å². The summed E-state index contributed by atoms with van der Waals surface area (Å²) in [7, 11) is 3.13. The van der Waals surface area contributed by atoms with Crippen molar-refractivity contribution in [3.63, 3.8) is 0 Å². The molecule has 0 spiro atoms. The molecule has 0 unspecified atom stereocenters. The number of halogens is 2. The number of fused-ring (bicyclic) bond motifs is 1. The number of rotatable bonds is 7. The molecule has 0 aromatic heterocycles. The molecular weight excluding hydrogens is 511 g/mol. The van der Waals surface area contributed by atoms with Gasteiger partial charge in [-0.2, -0.15) is 0 Å². The van der Waals surface area contributed by atoms with Gasteiger partial charge in [-0.15, -0.1) is 12.4 Å². The van der Waals surface area contributed by atoms with E-state index in [0.717, 1.165) is 42.3 Å². The van der Waals surface area contributed by atoms with Crippen LogP contribution in [0.2, 0.25) is 0 Å². The maximum absolute atomic E-state index is 13.8. The van der Waals surface area contributed by atoms with Gasteiger partial charge in [0.1, 0.15) is 5.82 Å². The average molecular weight is 541 g/mol. The lowest BCUT2D eigenvalue weighted by molar-refractivity contribution is -0.126. The number of amides is 1. The summed E-state index contributed by atoms with van der Waals surface area (Å²) in [5.74, 6) is 2.25. The highest BCUT2D eigenvalue weighted by atomic mass is 35.5. The molecule has 5 rings (SSSR count). The van der Waals surface area contributed by atoms with Crippen LogP contribution in [-0.4, -0.2) is 62.9 Å². The Labute approximate surface area is 227 Å². The monoisotopic (exact) mass is 540 g/mol. The van der Waals surface area contributed by atoms with Crippen LogP contribution in [0.15, 0.2) is 60.7 Å². The zero-order valence-electron chi connectivity index (χ0n) is 21.3. The van der Waals surface area contributed by atoms with Crippen molar-refractivity contribution in [3.05, 3.63) is 83.2 Å². The molecule has 2 aliphatic rings. The van der Waals surface area contributed by atoms with Crippen molar-refractivity contribution >= 4 is 30.0 Å². The Bertz CT molecular complexity index is 1310. The number of nitrogens with zero attached hydrogens (tertiary/aromatic N) is 2. The van der Waals surface area contributed by atoms with E-state index in [4.69, 9.17) is 18.9 Å². The van der Waals surface area contributed by atoms with Crippen molar-refractivity contribution in [1.82, 2.24) is 9.80 Å². The van der Waals surface area contributed by atoms with Crippen LogP contribution >= 0.6 is 12.4 Å². The predicted molar refractivity (Wildman–Crippen MR) is 145 cm³/mol. The minimum absolute atomic E-state index is 0. The van der Waals surface area contributed by atoms with E-state index in [0.29, 0.717) is 35.7 Å². The normalized spacial score (nSPS) is 15.1. The second-order valence-electron chi connectivity index (χ2n) is 8.94. The number of ether oxygens (including phenoxy) is 4. The lowest BCUT2D eigenvalue weighted by Crippen LogP contribution is -2.48. The van der Waals surface area contributed by atoms with Crippen molar-refractivity contribution < 1.29 is 28.1 Å². The standard InChI is InChI=1S/C29H29FN2O5.ClH/c1-34-25-10-6-22(17-27(25)35-2)24(15-20-3-7-23(30)8-4-20)29(33)32-13-11-31(12-14-32)18-21-5-9-26-28(16-21)37-19-36-26;/h3-10,15-17H,11-14,18-19H2,1-2H3;1H/b24-15+;. The topological polar surface area (TPSA) is 60.5 Å². The third-order valence-electron chi connectivity index (χ3n) is 6.61. The Kier molecular flexibility index (Phi) is 8.76. The first-order chi connectivity index (χ1) is 18.0. The summed E-state index contributed by atoms with van der Waals surface area (Å²) in [4.78, 5) is 18.0. The fraction of sp³-hybridized carbons (Fsp3) is 0.276. The molecule has 0 N–H and O–H groups in total. The van der Waals surface area contributed by atoms with Gasteiger partial charge in [0.05, 0.1) is 14.2 Å². The SMILES string of the molecule is COc1ccc(/C(=C\c2ccc(F)cc2)C(=O)N2CCN(Cc3ccc4c(c3)OCO4)CC2)cc1OC.Cl. The first-order valence-electron chi connectivity index (χ1n) is 12.1. The molecule has 200 valence electrons. The highest BCUT2D eigenvalue weighted by Crippen LogP contribution is 2.34. The molecule has 3 aromatic carbocycles. The fourth-order valence-corrected chi connectivity index (χ4v) is 4.57. The minimum atomic E-state index is -0.324. The van der Waals surface area contributed by atoms with E-state index >= 15 is 0 Å². The number of carbonyl (C=O) groups is 1. The van der Waals surface area contributed by atoms with Gasteiger partial charge in [-0.1, -0.05) is 24.3 Å². The summed E-state index contributed by atoms with van der Waals surface area (Å²) < 4.78 is 35.2. The van der Waals surface area contributed by atoms with Crippen molar-refractivity contribution in [3.8, 4) is 23.0 Å². The largest absolute Gasteiger partial charge is 0.493 e.